The normalized spacial score (nSPS) is 19.7. The van der Waals surface area contributed by atoms with Gasteiger partial charge in [-0.3, -0.25) is 0 Å². The molecular formula is C11H12O2S. The average Bonchev–Trinajstić information content (AvgIpc) is 2.46. The molecule has 2 rings (SSSR count). The Hall–Kier alpha value is -1.09. The summed E-state index contributed by atoms with van der Waals surface area (Å²) in [5.41, 5.74) is 1.97. The van der Waals surface area contributed by atoms with Crippen LogP contribution in [0.4, 0.5) is 0 Å². The lowest BCUT2D eigenvalue weighted by molar-refractivity contribution is 0.601. The molecule has 0 amide bonds. The van der Waals surface area contributed by atoms with Crippen LogP contribution in [0.25, 0.3) is 6.08 Å². The molecule has 1 aromatic carbocycles. The Kier molecular flexibility index (Phi) is 2.00. The van der Waals surface area contributed by atoms with Gasteiger partial charge in [-0.1, -0.05) is 31.2 Å². The minimum Gasteiger partial charge on any atom is -0.224 e. The topological polar surface area (TPSA) is 34.1 Å². The third kappa shape index (κ3) is 1.38. The van der Waals surface area contributed by atoms with Crippen molar-refractivity contribution in [3.63, 3.8) is 0 Å². The number of hydrogen-bond donors (Lipinski definition) is 0. The van der Waals surface area contributed by atoms with E-state index in [-0.39, 0.29) is 0 Å². The molecule has 0 aliphatic heterocycles. The summed E-state index contributed by atoms with van der Waals surface area (Å²) < 4.78 is 22.9. The SMILES string of the molecule is C[C@@H]1C=Cc2c1cccc2S(C)(=O)=O. The molecule has 74 valence electrons. The minimum atomic E-state index is -3.10. The number of rotatable bonds is 1. The second kappa shape index (κ2) is 2.95. The minimum absolute atomic E-state index is 0.326. The van der Waals surface area contributed by atoms with Gasteiger partial charge < -0.3 is 0 Å². The maximum atomic E-state index is 11.5. The van der Waals surface area contributed by atoms with Crippen LogP contribution in [0.3, 0.4) is 0 Å². The smallest absolute Gasteiger partial charge is 0.176 e. The first kappa shape index (κ1) is 9.46. The average molecular weight is 208 g/mol. The summed E-state index contributed by atoms with van der Waals surface area (Å²) in [7, 11) is -3.10. The third-order valence-electron chi connectivity index (χ3n) is 2.54. The first-order chi connectivity index (χ1) is 6.50. The van der Waals surface area contributed by atoms with Crippen molar-refractivity contribution in [1.29, 1.82) is 0 Å². The fourth-order valence-corrected chi connectivity index (χ4v) is 2.72. The lowest BCUT2D eigenvalue weighted by atomic mass is 10.0. The van der Waals surface area contributed by atoms with Crippen molar-refractivity contribution in [2.75, 3.05) is 6.26 Å². The van der Waals surface area contributed by atoms with Gasteiger partial charge in [0.25, 0.3) is 0 Å². The molecule has 1 aliphatic carbocycles. The zero-order valence-electron chi connectivity index (χ0n) is 8.19. The van der Waals surface area contributed by atoms with Crippen LogP contribution in [0.2, 0.25) is 0 Å². The van der Waals surface area contributed by atoms with Gasteiger partial charge in [-0.2, -0.15) is 0 Å². The highest BCUT2D eigenvalue weighted by Crippen LogP contribution is 2.33. The standard InChI is InChI=1S/C11H12O2S/c1-8-6-7-10-9(8)4-3-5-11(10)14(2,12)13/h3-8H,1-2H3/t8-/m1/s1. The van der Waals surface area contributed by atoms with Crippen LogP contribution < -0.4 is 0 Å². The Labute approximate surface area is 84.2 Å². The van der Waals surface area contributed by atoms with E-state index in [2.05, 4.69) is 6.92 Å². The molecule has 0 saturated carbocycles. The van der Waals surface area contributed by atoms with Crippen LogP contribution in [0.15, 0.2) is 29.2 Å². The largest absolute Gasteiger partial charge is 0.224 e. The van der Waals surface area contributed by atoms with Gasteiger partial charge in [-0.25, -0.2) is 8.42 Å². The zero-order chi connectivity index (χ0) is 10.3. The molecule has 0 heterocycles. The second-order valence-corrected chi connectivity index (χ2v) is 5.66. The molecule has 1 aliphatic rings. The molecule has 2 nitrogen and oxygen atoms in total. The van der Waals surface area contributed by atoms with Crippen molar-refractivity contribution in [1.82, 2.24) is 0 Å². The summed E-state index contributed by atoms with van der Waals surface area (Å²) in [6.45, 7) is 2.06. The summed E-state index contributed by atoms with van der Waals surface area (Å²) in [5, 5.41) is 0. The van der Waals surface area contributed by atoms with E-state index in [0.717, 1.165) is 11.1 Å². The molecule has 1 aromatic rings. The highest BCUT2D eigenvalue weighted by atomic mass is 32.2. The van der Waals surface area contributed by atoms with Crippen LogP contribution in [0.5, 0.6) is 0 Å². The van der Waals surface area contributed by atoms with E-state index in [0.29, 0.717) is 10.8 Å². The van der Waals surface area contributed by atoms with E-state index < -0.39 is 9.84 Å². The molecule has 0 bridgehead atoms. The van der Waals surface area contributed by atoms with Gasteiger partial charge >= 0.3 is 0 Å². The Bertz CT molecular complexity index is 498. The molecule has 3 heteroatoms. The first-order valence-corrected chi connectivity index (χ1v) is 6.40. The van der Waals surface area contributed by atoms with Gasteiger partial charge in [0.2, 0.25) is 0 Å². The molecule has 0 radical (unpaired) electrons. The fourth-order valence-electron chi connectivity index (χ4n) is 1.80. The van der Waals surface area contributed by atoms with E-state index in [1.807, 2.05) is 18.2 Å². The summed E-state index contributed by atoms with van der Waals surface area (Å²) in [6, 6.07) is 5.45. The molecule has 0 unspecified atom stereocenters. The zero-order valence-corrected chi connectivity index (χ0v) is 9.01. The van der Waals surface area contributed by atoms with Gasteiger partial charge in [0, 0.05) is 6.26 Å². The van der Waals surface area contributed by atoms with Crippen LogP contribution >= 0.6 is 0 Å². The van der Waals surface area contributed by atoms with Crippen molar-refractivity contribution >= 4 is 15.9 Å². The molecule has 14 heavy (non-hydrogen) atoms. The van der Waals surface area contributed by atoms with Crippen LogP contribution in [-0.2, 0) is 9.84 Å². The lowest BCUT2D eigenvalue weighted by Crippen LogP contribution is -2.01. The summed E-state index contributed by atoms with van der Waals surface area (Å²) >= 11 is 0. The van der Waals surface area contributed by atoms with E-state index in [1.165, 1.54) is 6.26 Å². The Morgan fingerprint density at radius 3 is 2.64 bits per heavy atom. The number of fused-ring (bicyclic) bond motifs is 1. The molecule has 0 fully saturated rings. The summed E-state index contributed by atoms with van der Waals surface area (Å²) in [5.74, 6) is 0.326. The van der Waals surface area contributed by atoms with Crippen molar-refractivity contribution in [3.8, 4) is 0 Å². The highest BCUT2D eigenvalue weighted by molar-refractivity contribution is 7.90. The fraction of sp³-hybridized carbons (Fsp3) is 0.273. The molecule has 1 atom stereocenters. The van der Waals surface area contributed by atoms with Gasteiger partial charge in [0.1, 0.15) is 0 Å². The van der Waals surface area contributed by atoms with E-state index in [1.54, 1.807) is 12.1 Å². The molecule has 0 saturated heterocycles. The first-order valence-electron chi connectivity index (χ1n) is 4.51. The summed E-state index contributed by atoms with van der Waals surface area (Å²) in [6.07, 6.45) is 5.18. The van der Waals surface area contributed by atoms with Crippen molar-refractivity contribution in [2.24, 2.45) is 0 Å². The molecule has 0 aromatic heterocycles. The lowest BCUT2D eigenvalue weighted by Gasteiger charge is -2.07. The van der Waals surface area contributed by atoms with Gasteiger partial charge in [-0.05, 0) is 23.1 Å². The number of allylic oxidation sites excluding steroid dienone is 1. The third-order valence-corrected chi connectivity index (χ3v) is 3.70. The van der Waals surface area contributed by atoms with Crippen molar-refractivity contribution in [3.05, 3.63) is 35.4 Å². The van der Waals surface area contributed by atoms with Crippen LogP contribution in [-0.4, -0.2) is 14.7 Å². The van der Waals surface area contributed by atoms with Crippen LogP contribution in [0, 0.1) is 0 Å². The quantitative estimate of drug-likeness (QED) is 0.709. The summed E-state index contributed by atoms with van der Waals surface area (Å²) in [4.78, 5) is 0.440. The van der Waals surface area contributed by atoms with Crippen molar-refractivity contribution < 1.29 is 8.42 Å². The Morgan fingerprint density at radius 2 is 2.00 bits per heavy atom. The molecule has 0 N–H and O–H groups in total. The molecule has 0 spiro atoms. The van der Waals surface area contributed by atoms with Crippen molar-refractivity contribution in [2.45, 2.75) is 17.7 Å². The van der Waals surface area contributed by atoms with E-state index >= 15 is 0 Å². The van der Waals surface area contributed by atoms with Crippen LogP contribution in [0.1, 0.15) is 24.0 Å². The van der Waals surface area contributed by atoms with E-state index in [9.17, 15) is 8.42 Å². The van der Waals surface area contributed by atoms with Gasteiger partial charge in [-0.15, -0.1) is 0 Å². The second-order valence-electron chi connectivity index (χ2n) is 3.68. The number of benzene rings is 1. The number of hydrogen-bond acceptors (Lipinski definition) is 2. The van der Waals surface area contributed by atoms with Gasteiger partial charge in [0.05, 0.1) is 4.90 Å². The van der Waals surface area contributed by atoms with Gasteiger partial charge in [0.15, 0.2) is 9.84 Å². The predicted molar refractivity (Wildman–Crippen MR) is 57.0 cm³/mol. The number of sulfone groups is 1. The predicted octanol–water partition coefficient (Wildman–Crippen LogP) is 2.22. The molecular weight excluding hydrogens is 196 g/mol. The monoisotopic (exact) mass is 208 g/mol. The van der Waals surface area contributed by atoms with E-state index in [4.69, 9.17) is 0 Å². The Balaban J connectivity index is 2.73. The highest BCUT2D eigenvalue weighted by Gasteiger charge is 2.20. The maximum absolute atomic E-state index is 11.5. The maximum Gasteiger partial charge on any atom is 0.176 e. The Morgan fingerprint density at radius 1 is 1.29 bits per heavy atom.